The number of carbonyl (C=O) groups is 1. The van der Waals surface area contributed by atoms with E-state index in [0.717, 1.165) is 17.1 Å². The molecule has 2 aromatic rings. The highest BCUT2D eigenvalue weighted by molar-refractivity contribution is 6.31. The number of aryl methyl sites for hydroxylation is 2. The van der Waals surface area contributed by atoms with Crippen molar-refractivity contribution in [1.29, 1.82) is 0 Å². The first-order valence-corrected chi connectivity index (χ1v) is 5.81. The van der Waals surface area contributed by atoms with Gasteiger partial charge in [-0.2, -0.15) is 10.2 Å². The highest BCUT2D eigenvalue weighted by Crippen LogP contribution is 2.19. The van der Waals surface area contributed by atoms with Crippen LogP contribution in [0.25, 0.3) is 0 Å². The van der Waals surface area contributed by atoms with Crippen molar-refractivity contribution in [2.24, 2.45) is 5.73 Å². The van der Waals surface area contributed by atoms with Gasteiger partial charge in [-0.25, -0.2) is 9.36 Å². The lowest BCUT2D eigenvalue weighted by Crippen LogP contribution is -2.16. The smallest absolute Gasteiger partial charge is 0.269 e. The van der Waals surface area contributed by atoms with E-state index < -0.39 is 5.91 Å². The highest BCUT2D eigenvalue weighted by atomic mass is 35.5. The maximum absolute atomic E-state index is 11.0. The van der Waals surface area contributed by atoms with Crippen molar-refractivity contribution in [2.75, 3.05) is 0 Å². The molecule has 96 valence electrons. The Morgan fingerprint density at radius 3 is 2.44 bits per heavy atom. The molecule has 0 unspecified atom stereocenters. The van der Waals surface area contributed by atoms with Gasteiger partial charge in [0.2, 0.25) is 0 Å². The lowest BCUT2D eigenvalue weighted by Gasteiger charge is -2.06. The van der Waals surface area contributed by atoms with E-state index in [-0.39, 0.29) is 5.69 Å². The Bertz CT molecular complexity index is 613. The van der Waals surface area contributed by atoms with E-state index in [4.69, 9.17) is 17.3 Å². The lowest BCUT2D eigenvalue weighted by molar-refractivity contribution is 0.0994. The fourth-order valence-corrected chi connectivity index (χ4v) is 1.85. The third-order valence-electron chi connectivity index (χ3n) is 2.79. The molecule has 0 aliphatic carbocycles. The van der Waals surface area contributed by atoms with Crippen LogP contribution in [0.15, 0.2) is 6.07 Å². The Labute approximate surface area is 109 Å². The van der Waals surface area contributed by atoms with Gasteiger partial charge in [-0.15, -0.1) is 0 Å². The quantitative estimate of drug-likeness (QED) is 0.909. The predicted molar refractivity (Wildman–Crippen MR) is 67.6 cm³/mol. The van der Waals surface area contributed by atoms with Crippen molar-refractivity contribution in [1.82, 2.24) is 19.6 Å². The largest absolute Gasteiger partial charge is 0.364 e. The van der Waals surface area contributed by atoms with Gasteiger partial charge >= 0.3 is 0 Å². The molecule has 0 aromatic carbocycles. The van der Waals surface area contributed by atoms with Crippen molar-refractivity contribution in [2.45, 2.75) is 27.4 Å². The Morgan fingerprint density at radius 1 is 1.33 bits per heavy atom. The summed E-state index contributed by atoms with van der Waals surface area (Å²) in [6, 6.07) is 1.65. The van der Waals surface area contributed by atoms with Crippen molar-refractivity contribution < 1.29 is 4.79 Å². The van der Waals surface area contributed by atoms with E-state index in [2.05, 4.69) is 10.2 Å². The van der Waals surface area contributed by atoms with Crippen LogP contribution >= 0.6 is 11.6 Å². The molecule has 2 aromatic heterocycles. The molecule has 0 radical (unpaired) electrons. The van der Waals surface area contributed by atoms with E-state index in [9.17, 15) is 4.79 Å². The monoisotopic (exact) mass is 267 g/mol. The molecule has 0 spiro atoms. The average Bonchev–Trinajstić information content (AvgIpc) is 2.77. The topological polar surface area (TPSA) is 78.7 Å². The summed E-state index contributed by atoms with van der Waals surface area (Å²) in [6.07, 6.45) is 0. The van der Waals surface area contributed by atoms with Gasteiger partial charge in [0.1, 0.15) is 12.4 Å². The van der Waals surface area contributed by atoms with Crippen molar-refractivity contribution >= 4 is 17.5 Å². The number of halogens is 1. The van der Waals surface area contributed by atoms with Crippen LogP contribution in [0.4, 0.5) is 0 Å². The molecule has 0 aliphatic rings. The van der Waals surface area contributed by atoms with Gasteiger partial charge in [-0.1, -0.05) is 11.6 Å². The highest BCUT2D eigenvalue weighted by Gasteiger charge is 2.12. The molecule has 0 atom stereocenters. The van der Waals surface area contributed by atoms with Crippen LogP contribution in [-0.2, 0) is 6.67 Å². The number of nitrogens with zero attached hydrogens (tertiary/aromatic N) is 4. The van der Waals surface area contributed by atoms with E-state index in [1.807, 2.05) is 20.8 Å². The normalized spacial score (nSPS) is 10.9. The molecule has 2 heterocycles. The summed E-state index contributed by atoms with van der Waals surface area (Å²) in [5, 5.41) is 9.08. The van der Waals surface area contributed by atoms with Gasteiger partial charge in [0.15, 0.2) is 0 Å². The van der Waals surface area contributed by atoms with E-state index in [1.54, 1.807) is 15.4 Å². The number of nitrogens with two attached hydrogens (primary N) is 1. The number of amides is 1. The molecule has 2 N–H and O–H groups in total. The maximum atomic E-state index is 11.0. The van der Waals surface area contributed by atoms with Crippen LogP contribution in [0.1, 0.15) is 27.6 Å². The van der Waals surface area contributed by atoms with Crippen LogP contribution < -0.4 is 5.73 Å². The molecule has 18 heavy (non-hydrogen) atoms. The summed E-state index contributed by atoms with van der Waals surface area (Å²) in [5.41, 5.74) is 7.92. The molecule has 0 saturated carbocycles. The van der Waals surface area contributed by atoms with Crippen LogP contribution in [0.2, 0.25) is 5.02 Å². The SMILES string of the molecule is Cc1nn(Cn2nc(C(N)=O)cc2C)c(C)c1Cl. The summed E-state index contributed by atoms with van der Waals surface area (Å²) in [7, 11) is 0. The molecular formula is C11H14ClN5O. The number of rotatable bonds is 3. The molecule has 6 nitrogen and oxygen atoms in total. The minimum absolute atomic E-state index is 0.250. The van der Waals surface area contributed by atoms with Crippen LogP contribution in [0.3, 0.4) is 0 Å². The number of hydrogen-bond acceptors (Lipinski definition) is 3. The molecular weight excluding hydrogens is 254 g/mol. The lowest BCUT2D eigenvalue weighted by atomic mass is 10.4. The minimum Gasteiger partial charge on any atom is -0.364 e. The fourth-order valence-electron chi connectivity index (χ4n) is 1.71. The number of primary amides is 1. The Kier molecular flexibility index (Phi) is 3.13. The molecule has 7 heteroatoms. The molecule has 0 bridgehead atoms. The molecule has 0 saturated heterocycles. The first-order chi connectivity index (χ1) is 8.40. The Balaban J connectivity index is 2.34. The molecule has 0 fully saturated rings. The van der Waals surface area contributed by atoms with E-state index >= 15 is 0 Å². The first-order valence-electron chi connectivity index (χ1n) is 5.44. The van der Waals surface area contributed by atoms with Gasteiger partial charge < -0.3 is 5.73 Å². The predicted octanol–water partition coefficient (Wildman–Crippen LogP) is 1.26. The molecule has 1 amide bonds. The Morgan fingerprint density at radius 2 is 2.00 bits per heavy atom. The number of hydrogen-bond donors (Lipinski definition) is 1. The van der Waals surface area contributed by atoms with Crippen LogP contribution in [0.5, 0.6) is 0 Å². The molecule has 0 aliphatic heterocycles. The third kappa shape index (κ3) is 2.11. The zero-order valence-electron chi connectivity index (χ0n) is 10.4. The van der Waals surface area contributed by atoms with Crippen molar-refractivity contribution in [3.8, 4) is 0 Å². The van der Waals surface area contributed by atoms with Gasteiger partial charge in [-0.3, -0.25) is 4.79 Å². The van der Waals surface area contributed by atoms with Crippen molar-refractivity contribution in [3.05, 3.63) is 33.9 Å². The zero-order chi connectivity index (χ0) is 13.4. The van der Waals surface area contributed by atoms with Gasteiger partial charge in [-0.05, 0) is 26.8 Å². The number of carbonyl (C=O) groups excluding carboxylic acids is 1. The summed E-state index contributed by atoms with van der Waals surface area (Å²) in [5.74, 6) is -0.539. The van der Waals surface area contributed by atoms with Crippen molar-refractivity contribution in [3.63, 3.8) is 0 Å². The summed E-state index contributed by atoms with van der Waals surface area (Å²) in [4.78, 5) is 11.0. The first kappa shape index (κ1) is 12.6. The van der Waals surface area contributed by atoms with E-state index in [1.165, 1.54) is 0 Å². The number of aromatic nitrogens is 4. The van der Waals surface area contributed by atoms with Gasteiger partial charge in [0, 0.05) is 5.69 Å². The minimum atomic E-state index is -0.539. The molecule has 2 rings (SSSR count). The second-order valence-corrected chi connectivity index (χ2v) is 4.54. The fraction of sp³-hybridized carbons (Fsp3) is 0.364. The maximum Gasteiger partial charge on any atom is 0.269 e. The summed E-state index contributed by atoms with van der Waals surface area (Å²) < 4.78 is 3.40. The summed E-state index contributed by atoms with van der Waals surface area (Å²) >= 11 is 6.07. The average molecular weight is 268 g/mol. The summed E-state index contributed by atoms with van der Waals surface area (Å²) in [6.45, 7) is 5.98. The van der Waals surface area contributed by atoms with E-state index in [0.29, 0.717) is 11.7 Å². The third-order valence-corrected chi connectivity index (χ3v) is 3.34. The van der Waals surface area contributed by atoms with Gasteiger partial charge in [0.25, 0.3) is 5.91 Å². The standard InChI is InChI=1S/C11H14ClN5O/c1-6-4-9(11(13)18)15-16(6)5-17-8(3)10(12)7(2)14-17/h4H,5H2,1-3H3,(H2,13,18). The second kappa shape index (κ2) is 4.45. The van der Waals surface area contributed by atoms with Gasteiger partial charge in [0.05, 0.1) is 16.4 Å². The van der Waals surface area contributed by atoms with Crippen LogP contribution in [-0.4, -0.2) is 25.5 Å². The zero-order valence-corrected chi connectivity index (χ0v) is 11.2. The Hall–Kier alpha value is -1.82. The second-order valence-electron chi connectivity index (χ2n) is 4.16. The van der Waals surface area contributed by atoms with Crippen LogP contribution in [0, 0.1) is 20.8 Å².